The van der Waals surface area contributed by atoms with Crippen LogP contribution < -0.4 is 10.6 Å². The molecule has 1 aliphatic heterocycles. The maximum absolute atomic E-state index is 13.2. The molecule has 1 aromatic carbocycles. The van der Waals surface area contributed by atoms with Crippen LogP contribution in [0.25, 0.3) is 0 Å². The van der Waals surface area contributed by atoms with E-state index in [4.69, 9.17) is 10.5 Å². The van der Waals surface area contributed by atoms with Crippen LogP contribution >= 0.6 is 0 Å². The molecule has 0 aromatic heterocycles. The lowest BCUT2D eigenvalue weighted by molar-refractivity contribution is -0.0788. The number of nitrogens with two attached hydrogens (primary N) is 1. The van der Waals surface area contributed by atoms with E-state index in [1.165, 1.54) is 6.07 Å². The molecule has 0 bridgehead atoms. The number of hydrogen-bond donors (Lipinski definition) is 1. The Labute approximate surface area is 101 Å². The molecule has 1 aromatic rings. The molecule has 94 valence electrons. The number of rotatable bonds is 2. The third-order valence-corrected chi connectivity index (χ3v) is 2.92. The minimum atomic E-state index is -0.255. The van der Waals surface area contributed by atoms with Crippen LogP contribution in [-0.2, 0) is 4.74 Å². The molecule has 1 aliphatic rings. The molecule has 17 heavy (non-hydrogen) atoms. The molecule has 4 heteroatoms. The van der Waals surface area contributed by atoms with E-state index in [0.29, 0.717) is 13.1 Å². The van der Waals surface area contributed by atoms with Gasteiger partial charge in [-0.25, -0.2) is 4.39 Å². The molecular formula is C13H19FN2O. The number of morpholine rings is 1. The van der Waals surface area contributed by atoms with Crippen molar-refractivity contribution in [1.29, 1.82) is 0 Å². The van der Waals surface area contributed by atoms with Gasteiger partial charge in [0.1, 0.15) is 5.82 Å². The van der Waals surface area contributed by atoms with E-state index in [9.17, 15) is 4.39 Å². The Morgan fingerprint density at radius 3 is 2.94 bits per heavy atom. The van der Waals surface area contributed by atoms with Crippen molar-refractivity contribution in [2.24, 2.45) is 5.73 Å². The van der Waals surface area contributed by atoms with E-state index in [2.05, 4.69) is 4.90 Å². The summed E-state index contributed by atoms with van der Waals surface area (Å²) in [4.78, 5) is 2.13. The van der Waals surface area contributed by atoms with Crippen LogP contribution in [-0.4, -0.2) is 31.3 Å². The lowest BCUT2D eigenvalue weighted by Crippen LogP contribution is -2.54. The Morgan fingerprint density at radius 1 is 1.53 bits per heavy atom. The summed E-state index contributed by atoms with van der Waals surface area (Å²) in [6.07, 6.45) is 0.00187. The Morgan fingerprint density at radius 2 is 2.29 bits per heavy atom. The Balaban J connectivity index is 2.20. The number of nitrogens with zero attached hydrogens (tertiary/aromatic N) is 1. The molecule has 0 radical (unpaired) electrons. The highest BCUT2D eigenvalue weighted by atomic mass is 19.1. The van der Waals surface area contributed by atoms with Gasteiger partial charge in [-0.2, -0.15) is 0 Å². The second-order valence-electron chi connectivity index (χ2n) is 5.10. The smallest absolute Gasteiger partial charge is 0.125 e. The van der Waals surface area contributed by atoms with E-state index in [-0.39, 0.29) is 17.5 Å². The molecule has 1 heterocycles. The lowest BCUT2D eigenvalue weighted by Gasteiger charge is -2.43. The number of halogens is 1. The molecule has 0 saturated carbocycles. The monoisotopic (exact) mass is 238 g/mol. The number of anilines is 1. The minimum Gasteiger partial charge on any atom is -0.367 e. The highest BCUT2D eigenvalue weighted by Gasteiger charge is 2.32. The summed E-state index contributed by atoms with van der Waals surface area (Å²) in [6.45, 7) is 5.99. The van der Waals surface area contributed by atoms with Crippen molar-refractivity contribution in [2.75, 3.05) is 24.5 Å². The van der Waals surface area contributed by atoms with Crippen LogP contribution in [0.5, 0.6) is 0 Å². The van der Waals surface area contributed by atoms with E-state index >= 15 is 0 Å². The van der Waals surface area contributed by atoms with Crippen LogP contribution in [0, 0.1) is 5.82 Å². The molecule has 2 rings (SSSR count). The fourth-order valence-corrected chi connectivity index (χ4v) is 2.29. The molecule has 1 atom stereocenters. The zero-order chi connectivity index (χ0) is 12.5. The normalized spacial score (nSPS) is 23.8. The molecule has 0 amide bonds. The molecular weight excluding hydrogens is 219 g/mol. The van der Waals surface area contributed by atoms with Gasteiger partial charge in [0.05, 0.1) is 11.7 Å². The summed E-state index contributed by atoms with van der Waals surface area (Å²) in [5, 5.41) is 0. The predicted molar refractivity (Wildman–Crippen MR) is 66.6 cm³/mol. The third-order valence-electron chi connectivity index (χ3n) is 2.92. The Kier molecular flexibility index (Phi) is 3.35. The van der Waals surface area contributed by atoms with Crippen molar-refractivity contribution in [3.8, 4) is 0 Å². The van der Waals surface area contributed by atoms with E-state index < -0.39 is 0 Å². The summed E-state index contributed by atoms with van der Waals surface area (Å²) in [6, 6.07) is 6.65. The third kappa shape index (κ3) is 2.96. The standard InChI is InChI=1S/C13H19FN2O/c1-13(2)9-16(8-12(7-15)17-13)11-5-3-4-10(14)6-11/h3-6,12H,7-9,15H2,1-2H3. The average Bonchev–Trinajstić information content (AvgIpc) is 2.27. The highest BCUT2D eigenvalue weighted by molar-refractivity contribution is 5.47. The number of hydrogen-bond acceptors (Lipinski definition) is 3. The number of ether oxygens (including phenoxy) is 1. The van der Waals surface area contributed by atoms with E-state index in [1.54, 1.807) is 12.1 Å². The summed E-state index contributed by atoms with van der Waals surface area (Å²) in [5.41, 5.74) is 6.30. The van der Waals surface area contributed by atoms with Crippen molar-refractivity contribution in [1.82, 2.24) is 0 Å². The molecule has 1 unspecified atom stereocenters. The van der Waals surface area contributed by atoms with Crippen molar-refractivity contribution >= 4 is 5.69 Å². The SMILES string of the molecule is CC1(C)CN(c2cccc(F)c2)CC(CN)O1. The summed E-state index contributed by atoms with van der Waals surface area (Å²) >= 11 is 0. The van der Waals surface area contributed by atoms with Gasteiger partial charge in [0.25, 0.3) is 0 Å². The first kappa shape index (κ1) is 12.3. The highest BCUT2D eigenvalue weighted by Crippen LogP contribution is 2.26. The van der Waals surface area contributed by atoms with Crippen LogP contribution in [0.1, 0.15) is 13.8 Å². The van der Waals surface area contributed by atoms with Crippen LogP contribution in [0.2, 0.25) is 0 Å². The fourth-order valence-electron chi connectivity index (χ4n) is 2.29. The van der Waals surface area contributed by atoms with Crippen LogP contribution in [0.15, 0.2) is 24.3 Å². The van der Waals surface area contributed by atoms with Gasteiger partial charge >= 0.3 is 0 Å². The second kappa shape index (κ2) is 4.63. The van der Waals surface area contributed by atoms with Gasteiger partial charge in [-0.05, 0) is 32.0 Å². The molecule has 0 spiro atoms. The van der Waals surface area contributed by atoms with E-state index in [0.717, 1.165) is 12.2 Å². The first-order valence-electron chi connectivity index (χ1n) is 5.88. The van der Waals surface area contributed by atoms with Gasteiger partial charge in [0.15, 0.2) is 0 Å². The fraction of sp³-hybridized carbons (Fsp3) is 0.538. The predicted octanol–water partition coefficient (Wildman–Crippen LogP) is 1.77. The van der Waals surface area contributed by atoms with Crippen molar-refractivity contribution in [3.05, 3.63) is 30.1 Å². The van der Waals surface area contributed by atoms with Crippen molar-refractivity contribution < 1.29 is 9.13 Å². The Hall–Kier alpha value is -1.13. The van der Waals surface area contributed by atoms with Gasteiger partial charge in [-0.3, -0.25) is 0 Å². The summed E-state index contributed by atoms with van der Waals surface area (Å²) < 4.78 is 19.1. The topological polar surface area (TPSA) is 38.5 Å². The maximum Gasteiger partial charge on any atom is 0.125 e. The average molecular weight is 238 g/mol. The van der Waals surface area contributed by atoms with Crippen molar-refractivity contribution in [2.45, 2.75) is 25.6 Å². The molecule has 2 N–H and O–H groups in total. The van der Waals surface area contributed by atoms with Gasteiger partial charge in [-0.15, -0.1) is 0 Å². The van der Waals surface area contributed by atoms with Gasteiger partial charge in [0, 0.05) is 25.3 Å². The van der Waals surface area contributed by atoms with Gasteiger partial charge in [-0.1, -0.05) is 6.07 Å². The first-order valence-corrected chi connectivity index (χ1v) is 5.88. The largest absolute Gasteiger partial charge is 0.367 e. The zero-order valence-corrected chi connectivity index (χ0v) is 10.3. The van der Waals surface area contributed by atoms with Crippen molar-refractivity contribution in [3.63, 3.8) is 0 Å². The van der Waals surface area contributed by atoms with E-state index in [1.807, 2.05) is 19.9 Å². The molecule has 0 aliphatic carbocycles. The zero-order valence-electron chi connectivity index (χ0n) is 10.3. The summed E-state index contributed by atoms with van der Waals surface area (Å²) in [5.74, 6) is -0.212. The lowest BCUT2D eigenvalue weighted by atomic mass is 10.0. The minimum absolute atomic E-state index is 0.00187. The van der Waals surface area contributed by atoms with Gasteiger partial charge in [0.2, 0.25) is 0 Å². The Bertz CT molecular complexity index is 395. The summed E-state index contributed by atoms with van der Waals surface area (Å²) in [7, 11) is 0. The van der Waals surface area contributed by atoms with Crippen LogP contribution in [0.3, 0.4) is 0 Å². The quantitative estimate of drug-likeness (QED) is 0.853. The second-order valence-corrected chi connectivity index (χ2v) is 5.10. The maximum atomic E-state index is 13.2. The van der Waals surface area contributed by atoms with Crippen LogP contribution in [0.4, 0.5) is 10.1 Å². The molecule has 1 saturated heterocycles. The van der Waals surface area contributed by atoms with Gasteiger partial charge < -0.3 is 15.4 Å². The molecule has 1 fully saturated rings. The number of benzene rings is 1. The first-order chi connectivity index (χ1) is 8.00. The molecule has 3 nitrogen and oxygen atoms in total.